The van der Waals surface area contributed by atoms with Gasteiger partial charge in [-0.05, 0) is 46.7 Å². The molecule has 2 N–H and O–H groups in total. The van der Waals surface area contributed by atoms with E-state index in [1.807, 2.05) is 12.1 Å². The lowest BCUT2D eigenvalue weighted by atomic mass is 10.1. The number of hydrogen-bond donors (Lipinski definition) is 2. The first-order valence-corrected chi connectivity index (χ1v) is 10.8. The number of rotatable bonds is 10. The molecule has 1 aliphatic rings. The number of carbonyl (C=O) groups is 1. The van der Waals surface area contributed by atoms with Crippen molar-refractivity contribution in [2.75, 3.05) is 20.2 Å². The van der Waals surface area contributed by atoms with Gasteiger partial charge in [-0.3, -0.25) is 10.0 Å². The fourth-order valence-electron chi connectivity index (χ4n) is 2.94. The number of hydrogen-bond acceptors (Lipinski definition) is 9. The van der Waals surface area contributed by atoms with E-state index in [9.17, 15) is 13.2 Å². The van der Waals surface area contributed by atoms with Crippen LogP contribution in [0.3, 0.4) is 0 Å². The maximum Gasteiger partial charge on any atom is 0.244 e. The van der Waals surface area contributed by atoms with Gasteiger partial charge in [0.15, 0.2) is 0 Å². The lowest BCUT2D eigenvalue weighted by Gasteiger charge is -2.22. The van der Waals surface area contributed by atoms with Crippen molar-refractivity contribution in [3.8, 4) is 5.75 Å². The Labute approximate surface area is 179 Å². The van der Waals surface area contributed by atoms with Crippen LogP contribution in [0.15, 0.2) is 74.1 Å². The van der Waals surface area contributed by atoms with Crippen LogP contribution in [-0.2, 0) is 21.2 Å². The van der Waals surface area contributed by atoms with Crippen LogP contribution in [0, 0.1) is 0 Å². The zero-order valence-electron chi connectivity index (χ0n) is 16.7. The van der Waals surface area contributed by atoms with Crippen molar-refractivity contribution in [2.45, 2.75) is 23.9 Å². The molecule has 0 fully saturated rings. The van der Waals surface area contributed by atoms with Crippen molar-refractivity contribution in [1.82, 2.24) is 9.79 Å². The number of nitrogens with one attached hydrogen (secondary N) is 1. The van der Waals surface area contributed by atoms with Gasteiger partial charge in [-0.25, -0.2) is 13.9 Å². The summed E-state index contributed by atoms with van der Waals surface area (Å²) in [4.78, 5) is 11.6. The van der Waals surface area contributed by atoms with E-state index in [2.05, 4.69) is 20.7 Å². The highest BCUT2D eigenvalue weighted by Gasteiger charge is 2.25. The molecule has 12 heteroatoms. The topological polar surface area (TPSA) is 145 Å². The normalized spacial score (nSPS) is 13.6. The number of hydroxylamine groups is 1. The minimum absolute atomic E-state index is 0.0715. The summed E-state index contributed by atoms with van der Waals surface area (Å²) in [5.74, 6) is 0.0335. The molecule has 0 atom stereocenters. The van der Waals surface area contributed by atoms with Crippen molar-refractivity contribution in [1.29, 1.82) is 0 Å². The van der Waals surface area contributed by atoms with Crippen molar-refractivity contribution in [2.24, 2.45) is 20.7 Å². The van der Waals surface area contributed by atoms with Crippen LogP contribution < -0.4 is 10.2 Å². The molecule has 0 bridgehead atoms. The standard InChI is InChI=1S/C19H22N6O5S/c1-30-16-6-2-14(3-7-16)10-12-25(13-11-18(26)22-27)31(28,29)17-8-4-15(5-9-17)19-20-23-24-21-19/h2-9,19,27H,10-13H2,1H3,(H,22,26). The molecule has 0 radical (unpaired) electrons. The Morgan fingerprint density at radius 2 is 1.71 bits per heavy atom. The molecule has 1 heterocycles. The third-order valence-electron chi connectivity index (χ3n) is 4.70. The summed E-state index contributed by atoms with van der Waals surface area (Å²) >= 11 is 0. The molecule has 0 unspecified atom stereocenters. The largest absolute Gasteiger partial charge is 0.497 e. The van der Waals surface area contributed by atoms with Crippen molar-refractivity contribution in [3.63, 3.8) is 0 Å². The molecular formula is C19H22N6O5S. The van der Waals surface area contributed by atoms with E-state index >= 15 is 0 Å². The Hall–Kier alpha value is -3.22. The maximum absolute atomic E-state index is 13.2. The van der Waals surface area contributed by atoms with Gasteiger partial charge in [-0.1, -0.05) is 24.3 Å². The molecule has 2 aromatic rings. The summed E-state index contributed by atoms with van der Waals surface area (Å²) in [5, 5.41) is 23.3. The molecule has 0 spiro atoms. The number of ether oxygens (including phenoxy) is 1. The first kappa shape index (κ1) is 22.5. The highest BCUT2D eigenvalue weighted by molar-refractivity contribution is 7.89. The van der Waals surface area contributed by atoms with Crippen LogP contribution in [-0.4, -0.2) is 44.0 Å². The lowest BCUT2D eigenvalue weighted by Crippen LogP contribution is -2.36. The summed E-state index contributed by atoms with van der Waals surface area (Å²) in [5.41, 5.74) is 3.10. The van der Waals surface area contributed by atoms with E-state index in [0.717, 1.165) is 5.56 Å². The Bertz CT molecular complexity index is 1040. The third kappa shape index (κ3) is 5.69. The van der Waals surface area contributed by atoms with Crippen molar-refractivity contribution < 1.29 is 23.2 Å². The van der Waals surface area contributed by atoms with E-state index in [1.165, 1.54) is 21.9 Å². The molecule has 0 saturated heterocycles. The van der Waals surface area contributed by atoms with Crippen LogP contribution >= 0.6 is 0 Å². The minimum Gasteiger partial charge on any atom is -0.497 e. The van der Waals surface area contributed by atoms with E-state index in [1.54, 1.807) is 31.4 Å². The van der Waals surface area contributed by atoms with Gasteiger partial charge in [0.05, 0.1) is 12.0 Å². The fourth-order valence-corrected chi connectivity index (χ4v) is 4.38. The van der Waals surface area contributed by atoms with Crippen LogP contribution in [0.25, 0.3) is 0 Å². The quantitative estimate of drug-likeness (QED) is 0.426. The Morgan fingerprint density at radius 1 is 1.06 bits per heavy atom. The third-order valence-corrected chi connectivity index (χ3v) is 6.61. The molecule has 31 heavy (non-hydrogen) atoms. The second kappa shape index (κ2) is 10.2. The maximum atomic E-state index is 13.2. The van der Waals surface area contributed by atoms with E-state index in [4.69, 9.17) is 9.94 Å². The van der Waals surface area contributed by atoms with E-state index in [-0.39, 0.29) is 24.4 Å². The molecule has 2 aromatic carbocycles. The average molecular weight is 446 g/mol. The highest BCUT2D eigenvalue weighted by Crippen LogP contribution is 2.26. The number of nitrogens with zero attached hydrogens (tertiary/aromatic N) is 5. The van der Waals surface area contributed by atoms with Crippen LogP contribution in [0.1, 0.15) is 23.7 Å². The fraction of sp³-hybridized carbons (Fsp3) is 0.316. The number of benzene rings is 2. The van der Waals surface area contributed by atoms with E-state index in [0.29, 0.717) is 17.7 Å². The molecular weight excluding hydrogens is 424 g/mol. The molecule has 11 nitrogen and oxygen atoms in total. The highest BCUT2D eigenvalue weighted by atomic mass is 32.2. The molecule has 0 aromatic heterocycles. The van der Waals surface area contributed by atoms with Crippen LogP contribution in [0.5, 0.6) is 5.75 Å². The monoisotopic (exact) mass is 446 g/mol. The number of methoxy groups -OCH3 is 1. The predicted molar refractivity (Wildman–Crippen MR) is 109 cm³/mol. The molecule has 0 saturated carbocycles. The van der Waals surface area contributed by atoms with Gasteiger partial charge in [0, 0.05) is 25.1 Å². The van der Waals surface area contributed by atoms with Gasteiger partial charge in [-0.15, -0.1) is 10.2 Å². The molecule has 3 rings (SSSR count). The molecule has 1 amide bonds. The second-order valence-corrected chi connectivity index (χ2v) is 8.58. The summed E-state index contributed by atoms with van der Waals surface area (Å²) in [6.45, 7) is 0.0673. The number of sulfonamides is 1. The van der Waals surface area contributed by atoms with Gasteiger partial charge in [0.25, 0.3) is 0 Å². The lowest BCUT2D eigenvalue weighted by molar-refractivity contribution is -0.129. The van der Waals surface area contributed by atoms with Crippen molar-refractivity contribution >= 4 is 15.9 Å². The smallest absolute Gasteiger partial charge is 0.244 e. The first-order chi connectivity index (χ1) is 14.9. The zero-order valence-corrected chi connectivity index (χ0v) is 17.6. The summed E-state index contributed by atoms with van der Waals surface area (Å²) in [7, 11) is -2.32. The SMILES string of the molecule is COc1ccc(CCN(CCC(=O)NO)S(=O)(=O)c2ccc(C3N=NN=N3)cc2)cc1. The number of carbonyl (C=O) groups excluding carboxylic acids is 1. The molecule has 164 valence electrons. The average Bonchev–Trinajstić information content (AvgIpc) is 3.34. The first-order valence-electron chi connectivity index (χ1n) is 9.40. The Kier molecular flexibility index (Phi) is 7.39. The minimum atomic E-state index is -3.89. The Balaban J connectivity index is 1.77. The summed E-state index contributed by atoms with van der Waals surface area (Å²) < 4.78 is 32.8. The van der Waals surface area contributed by atoms with Crippen LogP contribution in [0.2, 0.25) is 0 Å². The summed E-state index contributed by atoms with van der Waals surface area (Å²) in [6, 6.07) is 13.4. The van der Waals surface area contributed by atoms with Gasteiger partial charge in [0.1, 0.15) is 5.75 Å². The van der Waals surface area contributed by atoms with Gasteiger partial charge >= 0.3 is 0 Å². The predicted octanol–water partition coefficient (Wildman–Crippen LogP) is 2.66. The summed E-state index contributed by atoms with van der Waals surface area (Å²) in [6.07, 6.45) is -0.319. The van der Waals surface area contributed by atoms with Crippen LogP contribution in [0.4, 0.5) is 0 Å². The van der Waals surface area contributed by atoms with Crippen molar-refractivity contribution in [3.05, 3.63) is 59.7 Å². The molecule has 1 aliphatic heterocycles. The zero-order chi connectivity index (χ0) is 22.3. The van der Waals surface area contributed by atoms with Gasteiger partial charge in [-0.2, -0.15) is 4.31 Å². The number of amides is 1. The second-order valence-electron chi connectivity index (χ2n) is 6.64. The van der Waals surface area contributed by atoms with E-state index < -0.39 is 22.1 Å². The Morgan fingerprint density at radius 3 is 2.29 bits per heavy atom. The van der Waals surface area contributed by atoms with Gasteiger partial charge in [0.2, 0.25) is 22.1 Å². The molecule has 0 aliphatic carbocycles. The van der Waals surface area contributed by atoms with Gasteiger partial charge < -0.3 is 4.74 Å².